The summed E-state index contributed by atoms with van der Waals surface area (Å²) in [5.41, 5.74) is 5.98. The van der Waals surface area contributed by atoms with Crippen LogP contribution >= 0.6 is 0 Å². The summed E-state index contributed by atoms with van der Waals surface area (Å²) in [4.78, 5) is 28.7. The summed E-state index contributed by atoms with van der Waals surface area (Å²) in [7, 11) is 3.39. The summed E-state index contributed by atoms with van der Waals surface area (Å²) >= 11 is 0. The summed E-state index contributed by atoms with van der Waals surface area (Å²) in [6, 6.07) is 0.147. The number of unbranched alkanes of at least 4 members (excludes halogenated alkanes) is 1. The standard InChI is InChI=1S/C13H21N5O2/c1-9(14)6-4-5-7-18-12(19)10-11(15-8-16(10)2)17(3)13(18)20/h8-9H,4-7,14H2,1-3H3. The lowest BCUT2D eigenvalue weighted by molar-refractivity contribution is 0.520. The number of hydrogen-bond acceptors (Lipinski definition) is 4. The summed E-state index contributed by atoms with van der Waals surface area (Å²) in [6.07, 6.45) is 4.10. The van der Waals surface area contributed by atoms with Gasteiger partial charge in [-0.1, -0.05) is 6.42 Å². The van der Waals surface area contributed by atoms with Crippen LogP contribution in [0, 0.1) is 0 Å². The van der Waals surface area contributed by atoms with Crippen molar-refractivity contribution >= 4 is 11.2 Å². The first-order chi connectivity index (χ1) is 9.43. The van der Waals surface area contributed by atoms with Crippen molar-refractivity contribution in [1.82, 2.24) is 18.7 Å². The fourth-order valence-electron chi connectivity index (χ4n) is 2.33. The summed E-state index contributed by atoms with van der Waals surface area (Å²) in [5.74, 6) is 0. The zero-order valence-corrected chi connectivity index (χ0v) is 12.2. The Morgan fingerprint density at radius 2 is 2.00 bits per heavy atom. The minimum Gasteiger partial charge on any atom is -0.328 e. The molecular weight excluding hydrogens is 258 g/mol. The van der Waals surface area contributed by atoms with E-state index in [0.29, 0.717) is 17.7 Å². The Balaban J connectivity index is 2.36. The van der Waals surface area contributed by atoms with Gasteiger partial charge in [-0.3, -0.25) is 13.9 Å². The predicted molar refractivity (Wildman–Crippen MR) is 77.7 cm³/mol. The Morgan fingerprint density at radius 1 is 1.30 bits per heavy atom. The van der Waals surface area contributed by atoms with Gasteiger partial charge in [0.2, 0.25) is 0 Å². The monoisotopic (exact) mass is 279 g/mol. The van der Waals surface area contributed by atoms with Crippen LogP contribution in [0.2, 0.25) is 0 Å². The molecule has 2 N–H and O–H groups in total. The molecule has 2 aromatic heterocycles. The van der Waals surface area contributed by atoms with Crippen LogP contribution in [-0.4, -0.2) is 24.7 Å². The third-order valence-corrected chi connectivity index (χ3v) is 3.49. The Labute approximate surface area is 116 Å². The van der Waals surface area contributed by atoms with E-state index in [1.165, 1.54) is 9.13 Å². The molecule has 1 atom stereocenters. The number of nitrogens with two attached hydrogens (primary N) is 1. The van der Waals surface area contributed by atoms with E-state index in [2.05, 4.69) is 4.98 Å². The molecule has 0 aliphatic rings. The van der Waals surface area contributed by atoms with Gasteiger partial charge in [-0.25, -0.2) is 9.78 Å². The maximum Gasteiger partial charge on any atom is 0.332 e. The quantitative estimate of drug-likeness (QED) is 0.777. The van der Waals surface area contributed by atoms with Crippen molar-refractivity contribution in [3.8, 4) is 0 Å². The van der Waals surface area contributed by atoms with Crippen molar-refractivity contribution in [3.05, 3.63) is 27.2 Å². The Hall–Kier alpha value is -1.89. The molecule has 0 saturated heterocycles. The van der Waals surface area contributed by atoms with Crippen LogP contribution < -0.4 is 17.0 Å². The zero-order chi connectivity index (χ0) is 14.9. The number of aryl methyl sites for hydroxylation is 2. The molecule has 0 aliphatic heterocycles. The summed E-state index contributed by atoms with van der Waals surface area (Å²) in [6.45, 7) is 2.37. The highest BCUT2D eigenvalue weighted by Crippen LogP contribution is 2.04. The minimum absolute atomic E-state index is 0.147. The normalized spacial score (nSPS) is 13.0. The van der Waals surface area contributed by atoms with E-state index in [9.17, 15) is 9.59 Å². The van der Waals surface area contributed by atoms with Gasteiger partial charge in [-0.15, -0.1) is 0 Å². The van der Waals surface area contributed by atoms with Gasteiger partial charge in [-0.2, -0.15) is 0 Å². The second-order valence-corrected chi connectivity index (χ2v) is 5.30. The van der Waals surface area contributed by atoms with Crippen LogP contribution in [0.3, 0.4) is 0 Å². The van der Waals surface area contributed by atoms with Crippen molar-refractivity contribution in [3.63, 3.8) is 0 Å². The van der Waals surface area contributed by atoms with Crippen LogP contribution in [0.25, 0.3) is 11.2 Å². The predicted octanol–water partition coefficient (Wildman–Crippen LogP) is -0.0488. The summed E-state index contributed by atoms with van der Waals surface area (Å²) < 4.78 is 4.35. The van der Waals surface area contributed by atoms with Crippen LogP contribution in [0.4, 0.5) is 0 Å². The van der Waals surface area contributed by atoms with E-state index >= 15 is 0 Å². The van der Waals surface area contributed by atoms with Gasteiger partial charge in [-0.05, 0) is 19.8 Å². The van der Waals surface area contributed by atoms with E-state index < -0.39 is 0 Å². The van der Waals surface area contributed by atoms with Crippen LogP contribution in [0.1, 0.15) is 26.2 Å². The number of aromatic nitrogens is 4. The van der Waals surface area contributed by atoms with E-state index in [4.69, 9.17) is 5.73 Å². The second-order valence-electron chi connectivity index (χ2n) is 5.30. The molecule has 0 saturated carbocycles. The first-order valence-electron chi connectivity index (χ1n) is 6.80. The highest BCUT2D eigenvalue weighted by molar-refractivity contribution is 5.69. The molecule has 2 heterocycles. The number of hydrogen-bond donors (Lipinski definition) is 1. The minimum atomic E-state index is -0.318. The number of nitrogens with zero attached hydrogens (tertiary/aromatic N) is 4. The fourth-order valence-corrected chi connectivity index (χ4v) is 2.33. The lowest BCUT2D eigenvalue weighted by atomic mass is 10.1. The third kappa shape index (κ3) is 2.53. The second kappa shape index (κ2) is 5.62. The molecule has 0 aliphatic carbocycles. The third-order valence-electron chi connectivity index (χ3n) is 3.49. The molecule has 1 unspecified atom stereocenters. The Bertz CT molecular complexity index is 723. The SMILES string of the molecule is CC(N)CCCCn1c(=O)c2c(ncn2C)n(C)c1=O. The Kier molecular flexibility index (Phi) is 4.08. The lowest BCUT2D eigenvalue weighted by Crippen LogP contribution is -2.39. The van der Waals surface area contributed by atoms with E-state index in [0.717, 1.165) is 19.3 Å². The molecular formula is C13H21N5O2. The van der Waals surface area contributed by atoms with E-state index in [-0.39, 0.29) is 17.3 Å². The van der Waals surface area contributed by atoms with Gasteiger partial charge >= 0.3 is 5.69 Å². The lowest BCUT2D eigenvalue weighted by Gasteiger charge is -2.09. The molecule has 0 bridgehead atoms. The van der Waals surface area contributed by atoms with Crippen molar-refractivity contribution in [2.75, 3.05) is 0 Å². The molecule has 2 rings (SSSR count). The van der Waals surface area contributed by atoms with E-state index in [1.807, 2.05) is 6.92 Å². The molecule has 0 amide bonds. The smallest absolute Gasteiger partial charge is 0.328 e. The van der Waals surface area contributed by atoms with Crippen molar-refractivity contribution < 1.29 is 0 Å². The molecule has 0 radical (unpaired) electrons. The molecule has 7 heteroatoms. The largest absolute Gasteiger partial charge is 0.332 e. The molecule has 110 valence electrons. The first kappa shape index (κ1) is 14.5. The fraction of sp³-hybridized carbons (Fsp3) is 0.615. The zero-order valence-electron chi connectivity index (χ0n) is 12.2. The van der Waals surface area contributed by atoms with Crippen molar-refractivity contribution in [2.24, 2.45) is 19.8 Å². The van der Waals surface area contributed by atoms with E-state index in [1.54, 1.807) is 25.0 Å². The van der Waals surface area contributed by atoms with Gasteiger partial charge in [0.05, 0.1) is 6.33 Å². The first-order valence-corrected chi connectivity index (χ1v) is 6.80. The molecule has 0 spiro atoms. The maximum atomic E-state index is 12.4. The number of fused-ring (bicyclic) bond motifs is 1. The topological polar surface area (TPSA) is 87.8 Å². The number of rotatable bonds is 5. The van der Waals surface area contributed by atoms with Gasteiger partial charge < -0.3 is 10.3 Å². The van der Waals surface area contributed by atoms with Gasteiger partial charge in [0, 0.05) is 26.7 Å². The summed E-state index contributed by atoms with van der Waals surface area (Å²) in [5, 5.41) is 0. The van der Waals surface area contributed by atoms with Crippen molar-refractivity contribution in [1.29, 1.82) is 0 Å². The highest BCUT2D eigenvalue weighted by Gasteiger charge is 2.14. The average molecular weight is 279 g/mol. The molecule has 2 aromatic rings. The number of imidazole rings is 1. The maximum absolute atomic E-state index is 12.4. The van der Waals surface area contributed by atoms with Gasteiger partial charge in [0.1, 0.15) is 0 Å². The van der Waals surface area contributed by atoms with Gasteiger partial charge in [0.25, 0.3) is 5.56 Å². The average Bonchev–Trinajstić information content (AvgIpc) is 2.77. The van der Waals surface area contributed by atoms with Crippen LogP contribution in [0.5, 0.6) is 0 Å². The molecule has 7 nitrogen and oxygen atoms in total. The van der Waals surface area contributed by atoms with Crippen molar-refractivity contribution in [2.45, 2.75) is 38.8 Å². The highest BCUT2D eigenvalue weighted by atomic mass is 16.2. The molecule has 0 aromatic carbocycles. The van der Waals surface area contributed by atoms with Crippen LogP contribution in [-0.2, 0) is 20.6 Å². The Morgan fingerprint density at radius 3 is 2.65 bits per heavy atom. The van der Waals surface area contributed by atoms with Crippen LogP contribution in [0.15, 0.2) is 15.9 Å². The van der Waals surface area contributed by atoms with Gasteiger partial charge in [0.15, 0.2) is 11.2 Å². The molecule has 0 fully saturated rings. The molecule has 20 heavy (non-hydrogen) atoms.